The molecule has 29 heavy (non-hydrogen) atoms. The van der Waals surface area contributed by atoms with Crippen molar-refractivity contribution in [2.24, 2.45) is 7.05 Å². The van der Waals surface area contributed by atoms with Crippen LogP contribution in [0.15, 0.2) is 46.1 Å². The minimum absolute atomic E-state index is 0. The second-order valence-electron chi connectivity index (χ2n) is 6.74. The summed E-state index contributed by atoms with van der Waals surface area (Å²) in [5, 5.41) is 3.38. The molecule has 8 heteroatoms. The summed E-state index contributed by atoms with van der Waals surface area (Å²) in [6, 6.07) is 5.95. The Morgan fingerprint density at radius 3 is 2.48 bits per heavy atom. The maximum Gasteiger partial charge on any atom is 0.269 e. The zero-order valence-corrected chi connectivity index (χ0v) is 16.5. The molecule has 1 aromatic carbocycles. The minimum Gasteiger partial charge on any atom is -0.488 e. The molecule has 156 valence electrons. The molecule has 1 fully saturated rings. The summed E-state index contributed by atoms with van der Waals surface area (Å²) in [7, 11) is 1.74. The van der Waals surface area contributed by atoms with Gasteiger partial charge in [-0.15, -0.1) is 0 Å². The van der Waals surface area contributed by atoms with Gasteiger partial charge in [-0.2, -0.15) is 0 Å². The molecule has 2 heterocycles. The maximum atomic E-state index is 12.0. The molecular formula is C21H28BrN5O2. The highest BCUT2D eigenvalue weighted by atomic mass is 79.9. The van der Waals surface area contributed by atoms with Crippen molar-refractivity contribution in [1.82, 2.24) is 19.5 Å². The third kappa shape index (κ3) is 5.12. The first-order chi connectivity index (χ1) is 13.1. The van der Waals surface area contributed by atoms with Gasteiger partial charge in [-0.3, -0.25) is 4.79 Å². The number of hydrogen-bond acceptors (Lipinski definition) is 6. The van der Waals surface area contributed by atoms with Crippen LogP contribution in [-0.4, -0.2) is 31.7 Å². The molecule has 7 nitrogen and oxygen atoms in total. The fourth-order valence-corrected chi connectivity index (χ4v) is 3.89. The second-order valence-corrected chi connectivity index (χ2v) is 7.65. The molecule has 1 saturated carbocycles. The van der Waals surface area contributed by atoms with Crippen LogP contribution in [0.4, 0.5) is 5.95 Å². The van der Waals surface area contributed by atoms with E-state index in [-0.39, 0.29) is 26.5 Å². The fraction of sp³-hybridized carbons (Fsp3) is 0.429. The highest BCUT2D eigenvalue weighted by molar-refractivity contribution is 9.10. The molecule has 0 radical (unpaired) electrons. The first-order valence-electron chi connectivity index (χ1n) is 8.95. The molecule has 4 rings (SSSR count). The van der Waals surface area contributed by atoms with Gasteiger partial charge >= 0.3 is 0 Å². The van der Waals surface area contributed by atoms with Crippen molar-refractivity contribution in [2.75, 3.05) is 5.32 Å². The number of aryl methyl sites for hydroxylation is 1. The van der Waals surface area contributed by atoms with E-state index in [2.05, 4.69) is 36.2 Å². The van der Waals surface area contributed by atoms with Crippen LogP contribution in [0.2, 0.25) is 0 Å². The van der Waals surface area contributed by atoms with Crippen LogP contribution < -0.4 is 15.6 Å². The summed E-state index contributed by atoms with van der Waals surface area (Å²) >= 11 is 3.51. The fourth-order valence-electron chi connectivity index (χ4n) is 3.47. The molecule has 1 N–H and O–H groups in total. The van der Waals surface area contributed by atoms with Gasteiger partial charge in [-0.05, 0) is 43.9 Å². The number of fused-ring (bicyclic) bond motifs is 1. The van der Waals surface area contributed by atoms with Crippen LogP contribution in [0.25, 0.3) is 11.0 Å². The van der Waals surface area contributed by atoms with Crippen molar-refractivity contribution in [1.29, 1.82) is 0 Å². The molecular weight excluding hydrogens is 434 g/mol. The van der Waals surface area contributed by atoms with Crippen molar-refractivity contribution in [3.8, 4) is 5.75 Å². The molecule has 0 atom stereocenters. The highest BCUT2D eigenvalue weighted by Gasteiger charge is 2.24. The van der Waals surface area contributed by atoms with Gasteiger partial charge in [0.15, 0.2) is 0 Å². The Bertz CT molecular complexity index is 1000. The number of rotatable bonds is 4. The van der Waals surface area contributed by atoms with Crippen LogP contribution in [-0.2, 0) is 7.05 Å². The number of nitrogens with zero attached hydrogens (tertiary/aromatic N) is 4. The van der Waals surface area contributed by atoms with E-state index in [0.29, 0.717) is 17.7 Å². The Balaban J connectivity index is 0.00000150. The van der Waals surface area contributed by atoms with E-state index in [0.717, 1.165) is 41.2 Å². The molecule has 1 aliphatic carbocycles. The number of hydrogen-bond donors (Lipinski definition) is 1. The SMILES string of the molecule is C.C.Cn1c(=O)cnc2cc(Br)cc(OC3CCC(Nc4ncccn4)CC3)c21. The van der Waals surface area contributed by atoms with Crippen LogP contribution in [0.1, 0.15) is 40.5 Å². The zero-order valence-electron chi connectivity index (χ0n) is 14.9. The Morgan fingerprint density at radius 2 is 1.79 bits per heavy atom. The van der Waals surface area contributed by atoms with Crippen LogP contribution in [0.5, 0.6) is 5.75 Å². The van der Waals surface area contributed by atoms with E-state index in [4.69, 9.17) is 4.74 Å². The van der Waals surface area contributed by atoms with Crippen LogP contribution in [0, 0.1) is 0 Å². The molecule has 0 spiro atoms. The van der Waals surface area contributed by atoms with Crippen LogP contribution >= 0.6 is 15.9 Å². The summed E-state index contributed by atoms with van der Waals surface area (Å²) in [5.74, 6) is 1.36. The highest BCUT2D eigenvalue weighted by Crippen LogP contribution is 2.31. The second kappa shape index (κ2) is 9.82. The number of aromatic nitrogens is 4. The normalized spacial score (nSPS) is 18.4. The molecule has 3 aromatic rings. The molecule has 1 aliphatic rings. The average Bonchev–Trinajstić information content (AvgIpc) is 2.67. The van der Waals surface area contributed by atoms with Gasteiger partial charge < -0.3 is 14.6 Å². The first-order valence-corrected chi connectivity index (χ1v) is 9.75. The minimum atomic E-state index is -0.148. The number of benzene rings is 1. The summed E-state index contributed by atoms with van der Waals surface area (Å²) in [6.07, 6.45) is 8.72. The molecule has 0 saturated heterocycles. The van der Waals surface area contributed by atoms with Gasteiger partial charge in [0, 0.05) is 30.0 Å². The largest absolute Gasteiger partial charge is 0.488 e. The van der Waals surface area contributed by atoms with Gasteiger partial charge in [0.25, 0.3) is 5.56 Å². The third-order valence-electron chi connectivity index (χ3n) is 4.87. The van der Waals surface area contributed by atoms with E-state index < -0.39 is 0 Å². The first kappa shape index (κ1) is 22.8. The Hall–Kier alpha value is -2.48. The van der Waals surface area contributed by atoms with Gasteiger partial charge in [-0.25, -0.2) is 15.0 Å². The van der Waals surface area contributed by atoms with Gasteiger partial charge in [0.2, 0.25) is 5.95 Å². The van der Waals surface area contributed by atoms with Crippen molar-refractivity contribution in [2.45, 2.75) is 52.7 Å². The summed E-state index contributed by atoms with van der Waals surface area (Å²) in [4.78, 5) is 24.7. The summed E-state index contributed by atoms with van der Waals surface area (Å²) in [6.45, 7) is 0. The number of anilines is 1. The van der Waals surface area contributed by atoms with Gasteiger partial charge in [0.1, 0.15) is 11.3 Å². The predicted octanol–water partition coefficient (Wildman–Crippen LogP) is 4.56. The number of ether oxygens (including phenoxy) is 1. The third-order valence-corrected chi connectivity index (χ3v) is 5.32. The molecule has 0 amide bonds. The zero-order chi connectivity index (χ0) is 18.8. The lowest BCUT2D eigenvalue weighted by Crippen LogP contribution is -2.32. The van der Waals surface area contributed by atoms with Crippen molar-refractivity contribution < 1.29 is 4.74 Å². The lowest BCUT2D eigenvalue weighted by atomic mass is 9.93. The predicted molar refractivity (Wildman–Crippen MR) is 120 cm³/mol. The average molecular weight is 462 g/mol. The Morgan fingerprint density at radius 1 is 1.10 bits per heavy atom. The topological polar surface area (TPSA) is 81.9 Å². The Kier molecular flexibility index (Phi) is 7.73. The molecule has 2 aromatic heterocycles. The standard InChI is InChI=1S/C19H20BrN5O2.2CH4/c1-25-17(26)11-23-15-9-12(20)10-16(18(15)25)27-14-5-3-13(4-6-14)24-19-21-7-2-8-22-19;;/h2,7-11,13-14H,3-6H2,1H3,(H,21,22,24);2*1H4. The monoisotopic (exact) mass is 461 g/mol. The van der Waals surface area contributed by atoms with Crippen LogP contribution in [0.3, 0.4) is 0 Å². The smallest absolute Gasteiger partial charge is 0.269 e. The molecule has 0 aliphatic heterocycles. The quantitative estimate of drug-likeness (QED) is 0.612. The maximum absolute atomic E-state index is 12.0. The van der Waals surface area contributed by atoms with Gasteiger partial charge in [0.05, 0.1) is 17.8 Å². The lowest BCUT2D eigenvalue weighted by molar-refractivity contribution is 0.151. The van der Waals surface area contributed by atoms with Crippen molar-refractivity contribution >= 4 is 32.9 Å². The van der Waals surface area contributed by atoms with E-state index in [1.54, 1.807) is 30.1 Å². The summed E-state index contributed by atoms with van der Waals surface area (Å²) in [5.41, 5.74) is 1.31. The number of halogens is 1. The molecule has 0 bridgehead atoms. The van der Waals surface area contributed by atoms with Crippen molar-refractivity contribution in [3.63, 3.8) is 0 Å². The van der Waals surface area contributed by atoms with E-state index in [1.807, 2.05) is 12.1 Å². The van der Waals surface area contributed by atoms with E-state index >= 15 is 0 Å². The molecule has 0 unspecified atom stereocenters. The Labute approximate surface area is 179 Å². The van der Waals surface area contributed by atoms with Crippen molar-refractivity contribution in [3.05, 3.63) is 51.6 Å². The lowest BCUT2D eigenvalue weighted by Gasteiger charge is -2.30. The van der Waals surface area contributed by atoms with Gasteiger partial charge in [-0.1, -0.05) is 30.8 Å². The number of nitrogens with one attached hydrogen (secondary N) is 1. The summed E-state index contributed by atoms with van der Waals surface area (Å²) < 4.78 is 8.76. The van der Waals surface area contributed by atoms with E-state index in [1.165, 1.54) is 6.20 Å². The van der Waals surface area contributed by atoms with E-state index in [9.17, 15) is 4.79 Å².